The molecule has 0 N–H and O–H groups in total. The van der Waals surface area contributed by atoms with Gasteiger partial charge in [-0.05, 0) is 19.3 Å². The number of aromatic nitrogens is 7. The highest BCUT2D eigenvalue weighted by Gasteiger charge is 2.38. The highest BCUT2D eigenvalue weighted by Crippen LogP contribution is 2.42. The molecule has 8 heteroatoms. The molecular weight excluding hydrogens is 388 g/mol. The number of benzene rings is 1. The van der Waals surface area contributed by atoms with Crippen molar-refractivity contribution >= 4 is 5.82 Å². The molecule has 0 bridgehead atoms. The van der Waals surface area contributed by atoms with Crippen LogP contribution in [0.2, 0.25) is 0 Å². The molecule has 4 aromatic rings. The van der Waals surface area contributed by atoms with Crippen LogP contribution in [-0.4, -0.2) is 40.3 Å². The van der Waals surface area contributed by atoms with Crippen LogP contribution in [-0.2, 0) is 0 Å². The van der Waals surface area contributed by atoms with Crippen molar-refractivity contribution in [1.82, 2.24) is 34.3 Å². The van der Waals surface area contributed by atoms with Gasteiger partial charge in [0.25, 0.3) is 0 Å². The Labute approximate surface area is 180 Å². The van der Waals surface area contributed by atoms with E-state index in [-0.39, 0.29) is 6.04 Å². The van der Waals surface area contributed by atoms with E-state index in [9.17, 15) is 0 Å². The summed E-state index contributed by atoms with van der Waals surface area (Å²) in [5.74, 6) is 3.40. The zero-order valence-corrected chi connectivity index (χ0v) is 17.5. The molecule has 0 radical (unpaired) electrons. The van der Waals surface area contributed by atoms with Gasteiger partial charge in [0, 0.05) is 24.0 Å². The molecule has 1 atom stereocenters. The summed E-state index contributed by atoms with van der Waals surface area (Å²) in [6, 6.07) is 10.8. The van der Waals surface area contributed by atoms with Gasteiger partial charge in [0.15, 0.2) is 11.6 Å². The molecule has 1 aromatic carbocycles. The van der Waals surface area contributed by atoms with Gasteiger partial charge in [-0.1, -0.05) is 50.1 Å². The number of imidazole rings is 1. The van der Waals surface area contributed by atoms with Gasteiger partial charge in [0.05, 0.1) is 12.2 Å². The minimum Gasteiger partial charge on any atom is -0.341 e. The maximum Gasteiger partial charge on any atom is 0.237 e. The second-order valence-electron chi connectivity index (χ2n) is 8.19. The zero-order chi connectivity index (χ0) is 20.8. The topological polar surface area (TPSA) is 77.5 Å². The standard InChI is InChI=1S/C23H24N8/c1-2-18-22-28-26-15-30(22)19-14-25-23(27-21(19)31(18)17-10-6-7-11-17)29-13-12-24-20(29)16-8-4-3-5-9-16/h3-5,8-9,12-15,17-18H,2,6-7,10-11H2,1H3. The van der Waals surface area contributed by atoms with Crippen molar-refractivity contribution in [3.63, 3.8) is 0 Å². The largest absolute Gasteiger partial charge is 0.341 e. The van der Waals surface area contributed by atoms with Crippen molar-refractivity contribution in [3.8, 4) is 23.0 Å². The van der Waals surface area contributed by atoms with Gasteiger partial charge in [-0.15, -0.1) is 10.2 Å². The number of hydrogen-bond acceptors (Lipinski definition) is 6. The van der Waals surface area contributed by atoms with Crippen molar-refractivity contribution < 1.29 is 0 Å². The number of anilines is 1. The minimum absolute atomic E-state index is 0.164. The van der Waals surface area contributed by atoms with E-state index in [0.29, 0.717) is 12.0 Å². The Kier molecular flexibility index (Phi) is 4.29. The van der Waals surface area contributed by atoms with Crippen LogP contribution in [0.1, 0.15) is 50.9 Å². The third kappa shape index (κ3) is 2.85. The summed E-state index contributed by atoms with van der Waals surface area (Å²) in [7, 11) is 0. The van der Waals surface area contributed by atoms with E-state index in [1.54, 1.807) is 12.5 Å². The third-order valence-electron chi connectivity index (χ3n) is 6.44. The summed E-state index contributed by atoms with van der Waals surface area (Å²) in [4.78, 5) is 16.9. The predicted octanol–water partition coefficient (Wildman–Crippen LogP) is 4.12. The first kappa shape index (κ1) is 18.2. The van der Waals surface area contributed by atoms with Crippen LogP contribution < -0.4 is 4.90 Å². The summed E-state index contributed by atoms with van der Waals surface area (Å²) in [6.45, 7) is 2.21. The second kappa shape index (κ2) is 7.30. The summed E-state index contributed by atoms with van der Waals surface area (Å²) < 4.78 is 4.01. The summed E-state index contributed by atoms with van der Waals surface area (Å²) >= 11 is 0. The second-order valence-corrected chi connectivity index (χ2v) is 8.19. The average molecular weight is 413 g/mol. The molecule has 0 spiro atoms. The lowest BCUT2D eigenvalue weighted by Gasteiger charge is -2.40. The fourth-order valence-electron chi connectivity index (χ4n) is 5.02. The predicted molar refractivity (Wildman–Crippen MR) is 117 cm³/mol. The Bertz CT molecular complexity index is 1210. The van der Waals surface area contributed by atoms with Crippen LogP contribution in [0.3, 0.4) is 0 Å². The van der Waals surface area contributed by atoms with Crippen LogP contribution in [0.25, 0.3) is 23.0 Å². The Balaban J connectivity index is 1.51. The number of nitrogens with zero attached hydrogens (tertiary/aromatic N) is 8. The van der Waals surface area contributed by atoms with E-state index < -0.39 is 0 Å². The molecule has 1 unspecified atom stereocenters. The molecule has 31 heavy (non-hydrogen) atoms. The lowest BCUT2D eigenvalue weighted by atomic mass is 10.0. The summed E-state index contributed by atoms with van der Waals surface area (Å²) in [6.07, 6.45) is 13.2. The van der Waals surface area contributed by atoms with E-state index in [1.165, 1.54) is 25.7 Å². The Hall–Kier alpha value is -3.55. The Morgan fingerprint density at radius 2 is 1.87 bits per heavy atom. The molecule has 3 aromatic heterocycles. The highest BCUT2D eigenvalue weighted by atomic mass is 15.4. The van der Waals surface area contributed by atoms with Gasteiger partial charge in [-0.3, -0.25) is 9.13 Å². The fraction of sp³-hybridized carbons (Fsp3) is 0.348. The number of hydrogen-bond donors (Lipinski definition) is 0. The molecule has 4 heterocycles. The van der Waals surface area contributed by atoms with Crippen molar-refractivity contribution in [1.29, 1.82) is 0 Å². The van der Waals surface area contributed by atoms with Crippen molar-refractivity contribution in [2.75, 3.05) is 4.90 Å². The molecule has 2 aliphatic rings. The first-order valence-corrected chi connectivity index (χ1v) is 11.0. The lowest BCUT2D eigenvalue weighted by Crippen LogP contribution is -2.42. The summed E-state index contributed by atoms with van der Waals surface area (Å²) in [5, 5.41) is 8.66. The third-order valence-corrected chi connectivity index (χ3v) is 6.44. The van der Waals surface area contributed by atoms with E-state index in [1.807, 2.05) is 39.7 Å². The van der Waals surface area contributed by atoms with Gasteiger partial charge < -0.3 is 4.90 Å². The summed E-state index contributed by atoms with van der Waals surface area (Å²) in [5.41, 5.74) is 1.98. The highest BCUT2D eigenvalue weighted by molar-refractivity contribution is 5.64. The van der Waals surface area contributed by atoms with Gasteiger partial charge in [0.1, 0.15) is 17.8 Å². The first-order chi connectivity index (χ1) is 15.3. The molecule has 1 saturated carbocycles. The fourth-order valence-corrected chi connectivity index (χ4v) is 5.02. The normalized spacial score (nSPS) is 18.2. The molecule has 1 aliphatic heterocycles. The quantitative estimate of drug-likeness (QED) is 0.502. The van der Waals surface area contributed by atoms with Gasteiger partial charge in [0.2, 0.25) is 5.95 Å². The molecule has 8 nitrogen and oxygen atoms in total. The molecular formula is C23H24N8. The van der Waals surface area contributed by atoms with Crippen LogP contribution in [0.4, 0.5) is 5.82 Å². The van der Waals surface area contributed by atoms with Gasteiger partial charge >= 0.3 is 0 Å². The Morgan fingerprint density at radius 3 is 2.68 bits per heavy atom. The first-order valence-electron chi connectivity index (χ1n) is 11.0. The van der Waals surface area contributed by atoms with E-state index in [0.717, 1.165) is 35.1 Å². The van der Waals surface area contributed by atoms with Gasteiger partial charge in [-0.2, -0.15) is 4.98 Å². The smallest absolute Gasteiger partial charge is 0.237 e. The van der Waals surface area contributed by atoms with Crippen molar-refractivity contribution in [2.45, 2.75) is 51.1 Å². The van der Waals surface area contributed by atoms with E-state index in [4.69, 9.17) is 9.97 Å². The molecule has 6 rings (SSSR count). The lowest BCUT2D eigenvalue weighted by molar-refractivity contribution is 0.468. The molecule has 1 aliphatic carbocycles. The maximum absolute atomic E-state index is 5.11. The maximum atomic E-state index is 5.11. The Morgan fingerprint density at radius 1 is 1.03 bits per heavy atom. The minimum atomic E-state index is 0.164. The van der Waals surface area contributed by atoms with Crippen LogP contribution in [0, 0.1) is 0 Å². The van der Waals surface area contributed by atoms with E-state index >= 15 is 0 Å². The average Bonchev–Trinajstić information content (AvgIpc) is 3.59. The molecule has 156 valence electrons. The molecule has 0 saturated heterocycles. The SMILES string of the molecule is CCC1c2nncn2-c2cnc(-n3ccnc3-c3ccccc3)nc2N1C1CCCC1. The molecule has 1 fully saturated rings. The van der Waals surface area contributed by atoms with Crippen LogP contribution in [0.5, 0.6) is 0 Å². The van der Waals surface area contributed by atoms with Gasteiger partial charge in [-0.25, -0.2) is 9.97 Å². The monoisotopic (exact) mass is 412 g/mol. The zero-order valence-electron chi connectivity index (χ0n) is 17.5. The van der Waals surface area contributed by atoms with Crippen molar-refractivity contribution in [2.24, 2.45) is 0 Å². The van der Waals surface area contributed by atoms with E-state index in [2.05, 4.69) is 39.1 Å². The molecule has 0 amide bonds. The van der Waals surface area contributed by atoms with Crippen LogP contribution in [0.15, 0.2) is 55.2 Å². The number of fused-ring (bicyclic) bond motifs is 3. The van der Waals surface area contributed by atoms with Crippen LogP contribution >= 0.6 is 0 Å². The number of rotatable bonds is 4. The van der Waals surface area contributed by atoms with Crippen molar-refractivity contribution in [3.05, 3.63) is 61.1 Å².